The van der Waals surface area contributed by atoms with Crippen molar-refractivity contribution >= 4 is 6.09 Å². The molecule has 3 unspecified atom stereocenters. The van der Waals surface area contributed by atoms with Crippen LogP contribution in [0.2, 0.25) is 0 Å². The van der Waals surface area contributed by atoms with E-state index in [9.17, 15) is 18.0 Å². The van der Waals surface area contributed by atoms with Crippen molar-refractivity contribution in [2.24, 2.45) is 0 Å². The zero-order chi connectivity index (χ0) is 19.3. The lowest BCUT2D eigenvalue weighted by Crippen LogP contribution is -2.39. The molecule has 6 nitrogen and oxygen atoms in total. The molecule has 0 heterocycles. The van der Waals surface area contributed by atoms with Gasteiger partial charge in [-0.2, -0.15) is 13.2 Å². The van der Waals surface area contributed by atoms with Crippen molar-refractivity contribution in [3.63, 3.8) is 0 Å². The summed E-state index contributed by atoms with van der Waals surface area (Å²) in [5.74, 6) is 0. The number of nitrogens with one attached hydrogen (secondary N) is 1. The molecule has 0 saturated carbocycles. The molecule has 0 saturated heterocycles. The van der Waals surface area contributed by atoms with E-state index in [-0.39, 0.29) is 18.8 Å². The van der Waals surface area contributed by atoms with Crippen LogP contribution in [0.3, 0.4) is 0 Å². The fourth-order valence-electron chi connectivity index (χ4n) is 1.76. The third kappa shape index (κ3) is 16.2. The van der Waals surface area contributed by atoms with E-state index in [1.165, 1.54) is 6.92 Å². The average Bonchev–Trinajstić information content (AvgIpc) is 2.48. The van der Waals surface area contributed by atoms with Crippen LogP contribution in [0.5, 0.6) is 0 Å². The molecule has 0 bridgehead atoms. The van der Waals surface area contributed by atoms with Gasteiger partial charge in [0.25, 0.3) is 0 Å². The summed E-state index contributed by atoms with van der Waals surface area (Å²) < 4.78 is 56.8. The second-order valence-electron chi connectivity index (χ2n) is 5.91. The Morgan fingerprint density at radius 3 is 2.08 bits per heavy atom. The van der Waals surface area contributed by atoms with Crippen molar-refractivity contribution in [1.29, 1.82) is 0 Å². The molecular weight excluding hydrogens is 343 g/mol. The van der Waals surface area contributed by atoms with E-state index >= 15 is 0 Å². The van der Waals surface area contributed by atoms with Crippen molar-refractivity contribution in [3.8, 4) is 0 Å². The van der Waals surface area contributed by atoms with E-state index in [0.29, 0.717) is 19.8 Å². The summed E-state index contributed by atoms with van der Waals surface area (Å²) in [5.41, 5.74) is 0. The molecule has 0 aliphatic carbocycles. The Bertz CT molecular complexity index is 355. The Balaban J connectivity index is 3.74. The normalized spacial score (nSPS) is 15.5. The average molecular weight is 373 g/mol. The van der Waals surface area contributed by atoms with E-state index in [1.807, 2.05) is 6.92 Å². The van der Waals surface area contributed by atoms with Gasteiger partial charge < -0.3 is 18.9 Å². The molecule has 0 rings (SSSR count). The van der Waals surface area contributed by atoms with Gasteiger partial charge in [-0.15, -0.1) is 0 Å². The molecule has 9 heteroatoms. The summed E-state index contributed by atoms with van der Waals surface area (Å²) >= 11 is 0. The summed E-state index contributed by atoms with van der Waals surface area (Å²) in [7, 11) is 0. The number of amides is 1. The Morgan fingerprint density at radius 1 is 0.960 bits per heavy atom. The molecule has 0 aliphatic heterocycles. The van der Waals surface area contributed by atoms with Crippen LogP contribution in [0.4, 0.5) is 18.0 Å². The Kier molecular flexibility index (Phi) is 12.6. The van der Waals surface area contributed by atoms with Gasteiger partial charge in [-0.1, -0.05) is 19.8 Å². The van der Waals surface area contributed by atoms with Crippen LogP contribution in [0.15, 0.2) is 0 Å². The first-order chi connectivity index (χ1) is 11.6. The number of ether oxygens (including phenoxy) is 4. The van der Waals surface area contributed by atoms with Crippen molar-refractivity contribution in [1.82, 2.24) is 5.32 Å². The van der Waals surface area contributed by atoms with Gasteiger partial charge in [0.1, 0.15) is 6.10 Å². The quantitative estimate of drug-likeness (QED) is 0.394. The van der Waals surface area contributed by atoms with Gasteiger partial charge in [0, 0.05) is 6.61 Å². The van der Waals surface area contributed by atoms with Crippen LogP contribution in [0, 0.1) is 0 Å². The molecule has 0 fully saturated rings. The molecule has 25 heavy (non-hydrogen) atoms. The van der Waals surface area contributed by atoms with Crippen molar-refractivity contribution in [3.05, 3.63) is 0 Å². The molecule has 0 radical (unpaired) electrons. The van der Waals surface area contributed by atoms with Gasteiger partial charge in [-0.3, -0.25) is 0 Å². The fraction of sp³-hybridized carbons (Fsp3) is 0.938. The predicted molar refractivity (Wildman–Crippen MR) is 86.3 cm³/mol. The molecule has 3 atom stereocenters. The number of carbonyl (C=O) groups is 1. The molecule has 0 aromatic heterocycles. The maximum Gasteiger partial charge on any atom is 0.487 e. The standard InChI is InChI=1S/C16H30F3NO5/c1-5-6-7-8-22-9-12(2)23-10-13(3)24-11-14(4)25-15(21)20-16(17,18)19/h12-14H,5-11H2,1-4H3,(H,20,21). The maximum atomic E-state index is 11.9. The minimum atomic E-state index is -4.81. The van der Waals surface area contributed by atoms with Gasteiger partial charge in [0.15, 0.2) is 0 Å². The first-order valence-electron chi connectivity index (χ1n) is 8.50. The number of alkyl halides is 3. The number of unbranched alkanes of at least 4 members (excludes halogenated alkanes) is 2. The zero-order valence-corrected chi connectivity index (χ0v) is 15.4. The van der Waals surface area contributed by atoms with Crippen molar-refractivity contribution in [2.45, 2.75) is 71.6 Å². The predicted octanol–water partition coefficient (Wildman–Crippen LogP) is 3.64. The highest BCUT2D eigenvalue weighted by molar-refractivity contribution is 5.67. The lowest BCUT2D eigenvalue weighted by Gasteiger charge is -2.20. The summed E-state index contributed by atoms with van der Waals surface area (Å²) in [6.07, 6.45) is -4.24. The second kappa shape index (κ2) is 13.2. The number of halogens is 3. The van der Waals surface area contributed by atoms with Gasteiger partial charge in [-0.05, 0) is 27.2 Å². The molecule has 0 aliphatic rings. The summed E-state index contributed by atoms with van der Waals surface area (Å²) in [4.78, 5) is 10.9. The van der Waals surface area contributed by atoms with Gasteiger partial charge >= 0.3 is 12.4 Å². The Hall–Kier alpha value is -1.06. The summed E-state index contributed by atoms with van der Waals surface area (Å²) in [5, 5.41) is 0.755. The molecule has 150 valence electrons. The molecule has 0 aromatic carbocycles. The van der Waals surface area contributed by atoms with Crippen LogP contribution in [-0.2, 0) is 18.9 Å². The summed E-state index contributed by atoms with van der Waals surface area (Å²) in [6, 6.07) is 0. The van der Waals surface area contributed by atoms with E-state index in [0.717, 1.165) is 24.6 Å². The number of alkyl carbamates (subject to hydrolysis) is 1. The molecule has 0 spiro atoms. The van der Waals surface area contributed by atoms with Gasteiger partial charge in [0.2, 0.25) is 0 Å². The van der Waals surface area contributed by atoms with Crippen LogP contribution in [0.1, 0.15) is 47.0 Å². The van der Waals surface area contributed by atoms with E-state index in [2.05, 4.69) is 11.7 Å². The van der Waals surface area contributed by atoms with Crippen molar-refractivity contribution < 1.29 is 36.9 Å². The van der Waals surface area contributed by atoms with Crippen LogP contribution in [0.25, 0.3) is 0 Å². The summed E-state index contributed by atoms with van der Waals surface area (Å²) in [6.45, 7) is 8.70. The third-order valence-corrected chi connectivity index (χ3v) is 3.03. The van der Waals surface area contributed by atoms with Gasteiger partial charge in [-0.25, -0.2) is 10.1 Å². The Morgan fingerprint density at radius 2 is 1.52 bits per heavy atom. The first kappa shape index (κ1) is 23.9. The zero-order valence-electron chi connectivity index (χ0n) is 15.4. The third-order valence-electron chi connectivity index (χ3n) is 3.03. The largest absolute Gasteiger partial charge is 0.487 e. The van der Waals surface area contributed by atoms with Crippen LogP contribution >= 0.6 is 0 Å². The minimum absolute atomic E-state index is 0.0301. The molecule has 0 aromatic rings. The van der Waals surface area contributed by atoms with E-state index in [4.69, 9.17) is 14.2 Å². The number of carbonyl (C=O) groups excluding carboxylic acids is 1. The SMILES string of the molecule is CCCCCOCC(C)OCC(C)OCC(C)OC(=O)NC(F)(F)F. The lowest BCUT2D eigenvalue weighted by atomic mass is 10.3. The number of hydrogen-bond acceptors (Lipinski definition) is 5. The van der Waals surface area contributed by atoms with Gasteiger partial charge in [0.05, 0.1) is 32.0 Å². The molecule has 1 N–H and O–H groups in total. The smallest absolute Gasteiger partial charge is 0.444 e. The topological polar surface area (TPSA) is 66.0 Å². The van der Waals surface area contributed by atoms with Crippen LogP contribution < -0.4 is 5.32 Å². The number of rotatable bonds is 13. The lowest BCUT2D eigenvalue weighted by molar-refractivity contribution is -0.152. The Labute approximate surface area is 147 Å². The van der Waals surface area contributed by atoms with E-state index in [1.54, 1.807) is 6.92 Å². The monoisotopic (exact) mass is 373 g/mol. The molecular formula is C16H30F3NO5. The minimum Gasteiger partial charge on any atom is -0.444 e. The highest BCUT2D eigenvalue weighted by Gasteiger charge is 2.31. The van der Waals surface area contributed by atoms with Crippen molar-refractivity contribution in [2.75, 3.05) is 26.4 Å². The fourth-order valence-corrected chi connectivity index (χ4v) is 1.76. The highest BCUT2D eigenvalue weighted by Crippen LogP contribution is 2.10. The van der Waals surface area contributed by atoms with E-state index < -0.39 is 18.5 Å². The maximum absolute atomic E-state index is 11.9. The number of hydrogen-bond donors (Lipinski definition) is 1. The van der Waals surface area contributed by atoms with Crippen LogP contribution in [-0.4, -0.2) is 57.1 Å². The first-order valence-corrected chi connectivity index (χ1v) is 8.50. The second-order valence-corrected chi connectivity index (χ2v) is 5.91. The molecule has 1 amide bonds. The highest BCUT2D eigenvalue weighted by atomic mass is 19.4.